The van der Waals surface area contributed by atoms with Crippen LogP contribution < -0.4 is 5.32 Å². The number of carboxylic acids is 1. The number of amides is 2. The van der Waals surface area contributed by atoms with Gasteiger partial charge in [0.25, 0.3) is 0 Å². The van der Waals surface area contributed by atoms with E-state index in [0.717, 1.165) is 6.42 Å². The molecule has 0 aromatic heterocycles. The zero-order valence-corrected chi connectivity index (χ0v) is 11.8. The predicted octanol–water partition coefficient (Wildman–Crippen LogP) is 0.755. The van der Waals surface area contributed by atoms with Crippen LogP contribution in [0.15, 0.2) is 0 Å². The van der Waals surface area contributed by atoms with Crippen molar-refractivity contribution in [1.29, 1.82) is 0 Å². The molecule has 1 heterocycles. The van der Waals surface area contributed by atoms with Gasteiger partial charge in [-0.25, -0.2) is 4.79 Å². The molecule has 0 spiro atoms. The highest BCUT2D eigenvalue weighted by molar-refractivity contribution is 5.76. The summed E-state index contributed by atoms with van der Waals surface area (Å²) in [6, 6.07) is -0.241. The van der Waals surface area contributed by atoms with Gasteiger partial charge in [0, 0.05) is 25.6 Å². The lowest BCUT2D eigenvalue weighted by Crippen LogP contribution is -2.43. The van der Waals surface area contributed by atoms with E-state index in [9.17, 15) is 14.7 Å². The molecule has 6 nitrogen and oxygen atoms in total. The molecule has 1 aliphatic rings. The quantitative estimate of drug-likeness (QED) is 0.689. The molecule has 19 heavy (non-hydrogen) atoms. The molecule has 1 aliphatic heterocycles. The fourth-order valence-electron chi connectivity index (χ4n) is 2.28. The van der Waals surface area contributed by atoms with Gasteiger partial charge in [-0.05, 0) is 19.3 Å². The number of aliphatic hydroxyl groups is 1. The molecule has 3 atom stereocenters. The average Bonchev–Trinajstić information content (AvgIpc) is 2.77. The molecule has 6 heteroatoms. The summed E-state index contributed by atoms with van der Waals surface area (Å²) in [4.78, 5) is 24.6. The number of aliphatic hydroxyl groups excluding tert-OH is 1. The van der Waals surface area contributed by atoms with Gasteiger partial charge in [-0.15, -0.1) is 0 Å². The zero-order valence-electron chi connectivity index (χ0n) is 11.8. The van der Waals surface area contributed by atoms with Crippen molar-refractivity contribution in [2.75, 3.05) is 19.6 Å². The van der Waals surface area contributed by atoms with Crippen molar-refractivity contribution in [3.63, 3.8) is 0 Å². The summed E-state index contributed by atoms with van der Waals surface area (Å²) in [6.07, 6.45) is 0.373. The van der Waals surface area contributed by atoms with Crippen LogP contribution in [-0.4, -0.2) is 52.9 Å². The van der Waals surface area contributed by atoms with Gasteiger partial charge in [-0.3, -0.25) is 4.79 Å². The van der Waals surface area contributed by atoms with Crippen molar-refractivity contribution >= 4 is 12.0 Å². The van der Waals surface area contributed by atoms with E-state index in [1.54, 1.807) is 11.8 Å². The first-order valence-electron chi connectivity index (χ1n) is 6.76. The lowest BCUT2D eigenvalue weighted by Gasteiger charge is -2.21. The van der Waals surface area contributed by atoms with Crippen LogP contribution in [-0.2, 0) is 4.79 Å². The number of carboxylic acid groups (broad SMARTS) is 1. The first kappa shape index (κ1) is 15.8. The maximum atomic E-state index is 11.9. The largest absolute Gasteiger partial charge is 0.481 e. The molecule has 1 fully saturated rings. The highest BCUT2D eigenvalue weighted by Crippen LogP contribution is 2.19. The van der Waals surface area contributed by atoms with Crippen molar-refractivity contribution in [2.24, 2.45) is 17.8 Å². The van der Waals surface area contributed by atoms with Crippen LogP contribution in [0.4, 0.5) is 4.79 Å². The van der Waals surface area contributed by atoms with Crippen LogP contribution in [0.2, 0.25) is 0 Å². The van der Waals surface area contributed by atoms with Gasteiger partial charge in [-0.1, -0.05) is 13.8 Å². The number of nitrogens with zero attached hydrogens (tertiary/aromatic N) is 1. The molecule has 3 unspecified atom stereocenters. The third-order valence-electron chi connectivity index (χ3n) is 3.79. The van der Waals surface area contributed by atoms with Gasteiger partial charge in [-0.2, -0.15) is 0 Å². The first-order chi connectivity index (χ1) is 8.82. The van der Waals surface area contributed by atoms with Gasteiger partial charge < -0.3 is 20.4 Å². The minimum atomic E-state index is -0.890. The summed E-state index contributed by atoms with van der Waals surface area (Å²) < 4.78 is 0. The number of rotatable bonds is 5. The highest BCUT2D eigenvalue weighted by Gasteiger charge is 2.30. The Morgan fingerprint density at radius 3 is 2.42 bits per heavy atom. The number of hydrogen-bond acceptors (Lipinski definition) is 3. The fourth-order valence-corrected chi connectivity index (χ4v) is 2.28. The normalized spacial score (nSPS) is 22.4. The summed E-state index contributed by atoms with van der Waals surface area (Å²) in [5, 5.41) is 21.2. The first-order valence-corrected chi connectivity index (χ1v) is 6.76. The Balaban J connectivity index is 2.42. The Morgan fingerprint density at radius 2 is 2.00 bits per heavy atom. The number of urea groups is 1. The minimum absolute atomic E-state index is 0.0263. The topological polar surface area (TPSA) is 89.9 Å². The maximum absolute atomic E-state index is 11.9. The number of nitrogens with one attached hydrogen (secondary N) is 1. The number of likely N-dealkylation sites (tertiary alicyclic amines) is 1. The summed E-state index contributed by atoms with van der Waals surface area (Å²) >= 11 is 0. The summed E-state index contributed by atoms with van der Waals surface area (Å²) in [7, 11) is 0. The van der Waals surface area contributed by atoms with Crippen LogP contribution in [0, 0.1) is 17.8 Å². The Morgan fingerprint density at radius 1 is 1.37 bits per heavy atom. The molecule has 0 aliphatic carbocycles. The van der Waals surface area contributed by atoms with E-state index in [1.807, 2.05) is 13.8 Å². The van der Waals surface area contributed by atoms with E-state index in [4.69, 9.17) is 5.11 Å². The number of carbonyl (C=O) groups is 2. The summed E-state index contributed by atoms with van der Waals surface area (Å²) in [5.41, 5.74) is 0. The van der Waals surface area contributed by atoms with Gasteiger partial charge in [0.2, 0.25) is 0 Å². The second-order valence-electron chi connectivity index (χ2n) is 5.61. The molecule has 2 amide bonds. The Labute approximate surface area is 113 Å². The monoisotopic (exact) mass is 272 g/mol. The molecule has 3 N–H and O–H groups in total. The van der Waals surface area contributed by atoms with Crippen molar-refractivity contribution in [3.8, 4) is 0 Å². The molecule has 1 rings (SSSR count). The zero-order chi connectivity index (χ0) is 14.6. The van der Waals surface area contributed by atoms with E-state index in [-0.39, 0.29) is 24.4 Å². The third kappa shape index (κ3) is 4.38. The average molecular weight is 272 g/mol. The van der Waals surface area contributed by atoms with Crippen LogP contribution in [0.25, 0.3) is 0 Å². The van der Waals surface area contributed by atoms with Gasteiger partial charge in [0.05, 0.1) is 12.0 Å². The van der Waals surface area contributed by atoms with Crippen molar-refractivity contribution < 1.29 is 19.8 Å². The molecule has 0 saturated carbocycles. The Hall–Kier alpha value is -1.30. The van der Waals surface area contributed by atoms with E-state index >= 15 is 0 Å². The van der Waals surface area contributed by atoms with Crippen molar-refractivity contribution in [3.05, 3.63) is 0 Å². The number of aliphatic carboxylic acids is 1. The van der Waals surface area contributed by atoms with Crippen LogP contribution in [0.5, 0.6) is 0 Å². The second-order valence-corrected chi connectivity index (χ2v) is 5.61. The minimum Gasteiger partial charge on any atom is -0.481 e. The van der Waals surface area contributed by atoms with Crippen LogP contribution in [0.3, 0.4) is 0 Å². The van der Waals surface area contributed by atoms with Crippen molar-refractivity contribution in [2.45, 2.75) is 33.3 Å². The fraction of sp³-hybridized carbons (Fsp3) is 0.846. The van der Waals surface area contributed by atoms with Gasteiger partial charge in [0.1, 0.15) is 0 Å². The summed E-state index contributed by atoms with van der Waals surface area (Å²) in [6.45, 7) is 6.66. The molecule has 110 valence electrons. The van der Waals surface area contributed by atoms with Gasteiger partial charge in [0.15, 0.2) is 0 Å². The molecule has 0 aromatic rings. The second kappa shape index (κ2) is 6.75. The van der Waals surface area contributed by atoms with E-state index < -0.39 is 18.0 Å². The SMILES string of the molecule is CC(C)C(CNC(=O)N1CCC(C(C)O)C1)C(=O)O. The smallest absolute Gasteiger partial charge is 0.317 e. The predicted molar refractivity (Wildman–Crippen MR) is 70.7 cm³/mol. The van der Waals surface area contributed by atoms with E-state index in [0.29, 0.717) is 13.1 Å². The molecule has 1 saturated heterocycles. The standard InChI is InChI=1S/C13H24N2O4/c1-8(2)11(12(17)18)6-14-13(19)15-5-4-10(7-15)9(3)16/h8-11,16H,4-7H2,1-3H3,(H,14,19)(H,17,18). The van der Waals surface area contributed by atoms with E-state index in [1.165, 1.54) is 0 Å². The third-order valence-corrected chi connectivity index (χ3v) is 3.79. The van der Waals surface area contributed by atoms with Crippen LogP contribution in [0.1, 0.15) is 27.2 Å². The molecular formula is C13H24N2O4. The van der Waals surface area contributed by atoms with Crippen molar-refractivity contribution in [1.82, 2.24) is 10.2 Å². The summed E-state index contributed by atoms with van der Waals surface area (Å²) in [5.74, 6) is -1.37. The van der Waals surface area contributed by atoms with E-state index in [2.05, 4.69) is 5.32 Å². The molecule has 0 aromatic carbocycles. The Kier molecular flexibility index (Phi) is 5.60. The number of hydrogen-bond donors (Lipinski definition) is 3. The van der Waals surface area contributed by atoms with Gasteiger partial charge >= 0.3 is 12.0 Å². The van der Waals surface area contributed by atoms with Crippen LogP contribution >= 0.6 is 0 Å². The maximum Gasteiger partial charge on any atom is 0.317 e. The lowest BCUT2D eigenvalue weighted by atomic mass is 9.96. The highest BCUT2D eigenvalue weighted by atomic mass is 16.4. The lowest BCUT2D eigenvalue weighted by molar-refractivity contribution is -0.142. The Bertz CT molecular complexity index is 331. The number of carbonyl (C=O) groups excluding carboxylic acids is 1. The molecule has 0 bridgehead atoms. The molecule has 0 radical (unpaired) electrons. The molecular weight excluding hydrogens is 248 g/mol.